The molecule has 3 aromatic rings. The van der Waals surface area contributed by atoms with Gasteiger partial charge in [-0.2, -0.15) is 0 Å². The van der Waals surface area contributed by atoms with Gasteiger partial charge in [-0.25, -0.2) is 9.97 Å². The topological polar surface area (TPSA) is 106 Å². The van der Waals surface area contributed by atoms with E-state index in [2.05, 4.69) is 25.6 Å². The van der Waals surface area contributed by atoms with Crippen LogP contribution in [0.15, 0.2) is 61.2 Å². The van der Waals surface area contributed by atoms with Crippen molar-refractivity contribution >= 4 is 28.7 Å². The number of hydrogen-bond acceptors (Lipinski definition) is 7. The molecular formula is C15H12N6O2. The number of aromatic nitrogens is 3. The molecule has 0 radical (unpaired) electrons. The Kier molecular flexibility index (Phi) is 4.05. The largest absolute Gasteiger partial charge is 0.353 e. The second-order valence-corrected chi connectivity index (χ2v) is 4.53. The lowest BCUT2D eigenvalue weighted by Gasteiger charge is -2.09. The maximum atomic E-state index is 11.5. The first-order chi connectivity index (χ1) is 11.2. The van der Waals surface area contributed by atoms with Gasteiger partial charge in [-0.1, -0.05) is 18.2 Å². The Hall–Kier alpha value is -3.55. The highest BCUT2D eigenvalue weighted by Gasteiger charge is 2.23. The fraction of sp³-hybridized carbons (Fsp3) is 0. The second kappa shape index (κ2) is 6.48. The van der Waals surface area contributed by atoms with Crippen molar-refractivity contribution in [3.05, 3.63) is 71.3 Å². The highest BCUT2D eigenvalue weighted by Crippen LogP contribution is 2.32. The molecular weight excluding hydrogens is 296 g/mol. The standard InChI is InChI=1S/C15H12N6O2/c22-21(23)13-14(19-11-4-2-1-3-5-11)17-10-18-15(13)20-12-6-8-16-9-7-12/h1-10H,(H2,16,17,18,19,20). The van der Waals surface area contributed by atoms with E-state index < -0.39 is 4.92 Å². The Morgan fingerprint density at radius 3 is 2.00 bits per heavy atom. The summed E-state index contributed by atoms with van der Waals surface area (Å²) in [6.45, 7) is 0. The highest BCUT2D eigenvalue weighted by molar-refractivity contribution is 5.76. The number of hydrogen-bond donors (Lipinski definition) is 2. The molecule has 0 bridgehead atoms. The second-order valence-electron chi connectivity index (χ2n) is 4.53. The molecule has 0 aliphatic carbocycles. The molecule has 2 N–H and O–H groups in total. The molecule has 0 atom stereocenters. The highest BCUT2D eigenvalue weighted by atomic mass is 16.6. The first kappa shape index (κ1) is 14.4. The number of nitrogens with one attached hydrogen (secondary N) is 2. The molecule has 0 saturated heterocycles. The molecule has 0 fully saturated rings. The number of pyridine rings is 1. The fourth-order valence-electron chi connectivity index (χ4n) is 1.96. The Morgan fingerprint density at radius 1 is 0.870 bits per heavy atom. The van der Waals surface area contributed by atoms with Crippen LogP contribution in [0.5, 0.6) is 0 Å². The number of nitro groups is 1. The first-order valence-electron chi connectivity index (χ1n) is 6.72. The summed E-state index contributed by atoms with van der Waals surface area (Å²) in [5, 5.41) is 17.3. The van der Waals surface area contributed by atoms with Gasteiger partial charge in [-0.15, -0.1) is 0 Å². The van der Waals surface area contributed by atoms with E-state index in [0.29, 0.717) is 11.4 Å². The molecule has 2 aromatic heterocycles. The molecule has 23 heavy (non-hydrogen) atoms. The predicted octanol–water partition coefficient (Wildman–Crippen LogP) is 3.27. The molecule has 8 nitrogen and oxygen atoms in total. The van der Waals surface area contributed by atoms with Gasteiger partial charge in [0.15, 0.2) is 0 Å². The van der Waals surface area contributed by atoms with Crippen molar-refractivity contribution in [2.24, 2.45) is 0 Å². The SMILES string of the molecule is O=[N+]([O-])c1c(Nc2ccccc2)ncnc1Nc1ccncc1. The fourth-order valence-corrected chi connectivity index (χ4v) is 1.96. The van der Waals surface area contributed by atoms with Crippen LogP contribution in [0.4, 0.5) is 28.7 Å². The smallest absolute Gasteiger partial charge is 0.334 e. The molecule has 0 amide bonds. The van der Waals surface area contributed by atoms with Crippen molar-refractivity contribution in [1.82, 2.24) is 15.0 Å². The van der Waals surface area contributed by atoms with E-state index in [1.54, 1.807) is 36.7 Å². The minimum atomic E-state index is -0.519. The van der Waals surface area contributed by atoms with Crippen LogP contribution in [0.1, 0.15) is 0 Å². The van der Waals surface area contributed by atoms with Crippen molar-refractivity contribution in [3.63, 3.8) is 0 Å². The van der Waals surface area contributed by atoms with E-state index in [1.165, 1.54) is 6.33 Å². The number of anilines is 4. The third kappa shape index (κ3) is 3.38. The minimum Gasteiger partial charge on any atom is -0.334 e. The minimum absolute atomic E-state index is 0.106. The lowest BCUT2D eigenvalue weighted by molar-refractivity contribution is -0.383. The van der Waals surface area contributed by atoms with Crippen LogP contribution in [0.2, 0.25) is 0 Å². The molecule has 8 heteroatoms. The zero-order valence-corrected chi connectivity index (χ0v) is 11.9. The molecule has 114 valence electrons. The summed E-state index contributed by atoms with van der Waals surface area (Å²) < 4.78 is 0. The Morgan fingerprint density at radius 2 is 1.43 bits per heavy atom. The maximum Gasteiger partial charge on any atom is 0.353 e. The number of para-hydroxylation sites is 1. The van der Waals surface area contributed by atoms with Gasteiger partial charge in [-0.05, 0) is 24.3 Å². The number of benzene rings is 1. The molecule has 3 rings (SSSR count). The van der Waals surface area contributed by atoms with Gasteiger partial charge in [0.1, 0.15) is 6.33 Å². The normalized spacial score (nSPS) is 10.1. The average molecular weight is 308 g/mol. The summed E-state index contributed by atoms with van der Waals surface area (Å²) in [6.07, 6.45) is 4.43. The molecule has 0 unspecified atom stereocenters. The molecule has 0 aliphatic rings. The Labute approximate surface area is 131 Å². The van der Waals surface area contributed by atoms with E-state index in [9.17, 15) is 10.1 Å². The lowest BCUT2D eigenvalue weighted by Crippen LogP contribution is -2.05. The molecule has 1 aromatic carbocycles. The summed E-state index contributed by atoms with van der Waals surface area (Å²) in [5.41, 5.74) is 1.12. The van der Waals surface area contributed by atoms with E-state index in [0.717, 1.165) is 0 Å². The molecule has 0 aliphatic heterocycles. The molecule has 0 spiro atoms. The summed E-state index contributed by atoms with van der Waals surface area (Å²) in [4.78, 5) is 22.8. The third-order valence-electron chi connectivity index (χ3n) is 2.98. The zero-order valence-electron chi connectivity index (χ0n) is 11.9. The van der Waals surface area contributed by atoms with Gasteiger partial charge >= 0.3 is 5.69 Å². The number of nitrogens with zero attached hydrogens (tertiary/aromatic N) is 4. The number of rotatable bonds is 5. The average Bonchev–Trinajstić information content (AvgIpc) is 2.56. The maximum absolute atomic E-state index is 11.5. The zero-order chi connectivity index (χ0) is 16.1. The van der Waals surface area contributed by atoms with E-state index in [-0.39, 0.29) is 17.3 Å². The van der Waals surface area contributed by atoms with Crippen LogP contribution >= 0.6 is 0 Å². The molecule has 0 saturated carbocycles. The van der Waals surface area contributed by atoms with Crippen molar-refractivity contribution in [1.29, 1.82) is 0 Å². The summed E-state index contributed by atoms with van der Waals surface area (Å²) in [5.74, 6) is 0.224. The van der Waals surface area contributed by atoms with Gasteiger partial charge < -0.3 is 10.6 Å². The van der Waals surface area contributed by atoms with Crippen molar-refractivity contribution in [3.8, 4) is 0 Å². The van der Waals surface area contributed by atoms with Crippen LogP contribution in [0, 0.1) is 10.1 Å². The summed E-state index contributed by atoms with van der Waals surface area (Å²) in [7, 11) is 0. The van der Waals surface area contributed by atoms with Crippen LogP contribution in [-0.4, -0.2) is 19.9 Å². The van der Waals surface area contributed by atoms with E-state index in [1.807, 2.05) is 18.2 Å². The quantitative estimate of drug-likeness (QED) is 0.550. The first-order valence-corrected chi connectivity index (χ1v) is 6.72. The van der Waals surface area contributed by atoms with Crippen molar-refractivity contribution < 1.29 is 4.92 Å². The van der Waals surface area contributed by atoms with Gasteiger partial charge in [0.25, 0.3) is 0 Å². The van der Waals surface area contributed by atoms with Gasteiger partial charge in [0.2, 0.25) is 11.6 Å². The Bertz CT molecular complexity index is 751. The Balaban J connectivity index is 1.97. The lowest BCUT2D eigenvalue weighted by atomic mass is 10.3. The van der Waals surface area contributed by atoms with Gasteiger partial charge in [0, 0.05) is 23.8 Å². The predicted molar refractivity (Wildman–Crippen MR) is 85.9 cm³/mol. The van der Waals surface area contributed by atoms with Crippen LogP contribution in [-0.2, 0) is 0 Å². The van der Waals surface area contributed by atoms with Crippen LogP contribution in [0.3, 0.4) is 0 Å². The van der Waals surface area contributed by atoms with E-state index >= 15 is 0 Å². The van der Waals surface area contributed by atoms with E-state index in [4.69, 9.17) is 0 Å². The summed E-state index contributed by atoms with van der Waals surface area (Å²) >= 11 is 0. The van der Waals surface area contributed by atoms with Crippen molar-refractivity contribution in [2.75, 3.05) is 10.6 Å². The third-order valence-corrected chi connectivity index (χ3v) is 2.98. The summed E-state index contributed by atoms with van der Waals surface area (Å²) in [6, 6.07) is 12.5. The van der Waals surface area contributed by atoms with Gasteiger partial charge in [0.05, 0.1) is 4.92 Å². The van der Waals surface area contributed by atoms with Crippen LogP contribution in [0.25, 0.3) is 0 Å². The van der Waals surface area contributed by atoms with Gasteiger partial charge in [-0.3, -0.25) is 15.1 Å². The van der Waals surface area contributed by atoms with Crippen LogP contribution < -0.4 is 10.6 Å². The molecule has 2 heterocycles. The van der Waals surface area contributed by atoms with Crippen molar-refractivity contribution in [2.45, 2.75) is 0 Å². The monoisotopic (exact) mass is 308 g/mol.